The van der Waals surface area contributed by atoms with Crippen LogP contribution in [-0.4, -0.2) is 29.1 Å². The van der Waals surface area contributed by atoms with Crippen LogP contribution in [0.15, 0.2) is 328 Å². The van der Waals surface area contributed by atoms with Crippen molar-refractivity contribution in [2.75, 3.05) is 0 Å². The Balaban J connectivity index is 0.000000133. The van der Waals surface area contributed by atoms with Crippen molar-refractivity contribution in [3.8, 4) is 124 Å². The highest BCUT2D eigenvalue weighted by molar-refractivity contribution is 6.32. The molecule has 6 heteroatoms. The van der Waals surface area contributed by atoms with Gasteiger partial charge in [-0.05, 0) is 127 Å². The van der Waals surface area contributed by atoms with Crippen LogP contribution in [0.2, 0.25) is 0 Å². The van der Waals surface area contributed by atoms with Crippen molar-refractivity contribution in [1.82, 2.24) is 29.1 Å². The van der Waals surface area contributed by atoms with Gasteiger partial charge in [-0.1, -0.05) is 267 Å². The van der Waals surface area contributed by atoms with Crippen LogP contribution in [0.4, 0.5) is 0 Å². The lowest BCUT2D eigenvalue weighted by atomic mass is 9.93. The second kappa shape index (κ2) is 21.5. The van der Waals surface area contributed by atoms with Gasteiger partial charge < -0.3 is 9.13 Å². The largest absolute Gasteiger partial charge is 0.309 e. The molecule has 20 rings (SSSR count). The first kappa shape index (κ1) is 53.2. The van der Waals surface area contributed by atoms with E-state index < -0.39 is 0 Å². The quantitative estimate of drug-likeness (QED) is 0.152. The highest BCUT2D eigenvalue weighted by Gasteiger charge is 2.28. The molecule has 6 nitrogen and oxygen atoms in total. The highest BCUT2D eigenvalue weighted by atomic mass is 15.0. The van der Waals surface area contributed by atoms with Crippen molar-refractivity contribution in [2.24, 2.45) is 0 Å². The molecule has 0 N–H and O–H groups in total. The molecule has 0 saturated heterocycles. The van der Waals surface area contributed by atoms with Crippen LogP contribution in [0.25, 0.3) is 189 Å². The Morgan fingerprint density at radius 1 is 0.191 bits per heavy atom. The van der Waals surface area contributed by atoms with Gasteiger partial charge in [0.1, 0.15) is 0 Å². The van der Waals surface area contributed by atoms with Crippen molar-refractivity contribution in [1.29, 1.82) is 0 Å². The van der Waals surface area contributed by atoms with Gasteiger partial charge in [0.05, 0.1) is 50.5 Å². The van der Waals surface area contributed by atoms with Gasteiger partial charge in [0, 0.05) is 60.6 Å². The third-order valence-electron chi connectivity index (χ3n) is 19.1. The SMILES string of the molecule is c1ccc(-c2cc(-c3ccccc3)nc(-c3cccc(-n4c5cccc6c5c5c7c(cccc7ccc54)-c4ccccc4-6)c3)n2)cc1.c1ccc(-c2cc(-c3ccccc3)nc(-c3ccccc3-n3c4cccc5c4c4c6c(cccc6ccc43)-c3ccccc3-5)n2)cc1. The van der Waals surface area contributed by atoms with E-state index in [4.69, 9.17) is 19.9 Å². The average Bonchev–Trinajstić information content (AvgIpc) is 1.57. The van der Waals surface area contributed by atoms with Gasteiger partial charge in [-0.25, -0.2) is 19.9 Å². The number of benzene rings is 14. The first-order chi connectivity index (χ1) is 46.6. The van der Waals surface area contributed by atoms with E-state index in [0.717, 1.165) is 67.5 Å². The standard InChI is InChI=1S/2C44H27N3/c1-3-12-28(13-4-1)37-27-38(29-14-5-2-6-15-29)46-44(45-37)31-17-9-18-32(26-31)47-39-23-11-22-36-34-20-8-7-19-33(34)35-21-10-16-30-24-25-40(47)43(41(30)35)42(36)39;1-3-13-28(14-4-1)36-27-37(29-15-5-2-6-16-29)46-44(45-36)35-20-9-10-23-38(35)47-39-24-12-22-34-32-19-8-7-18-31(32)33-21-11-17-30-25-26-40(47)43(41(30)33)42(34)39/h2*1-27H. The van der Waals surface area contributed by atoms with E-state index >= 15 is 0 Å². The van der Waals surface area contributed by atoms with E-state index in [1.165, 1.54) is 110 Å². The van der Waals surface area contributed by atoms with Crippen LogP contribution in [0, 0.1) is 0 Å². The Hall–Kier alpha value is -12.6. The number of hydrogen-bond donors (Lipinski definition) is 0. The minimum absolute atomic E-state index is 0.700. The fourth-order valence-electron chi connectivity index (χ4n) is 15.0. The molecule has 436 valence electrons. The zero-order valence-electron chi connectivity index (χ0n) is 50.9. The van der Waals surface area contributed by atoms with Crippen molar-refractivity contribution < 1.29 is 0 Å². The van der Waals surface area contributed by atoms with Crippen molar-refractivity contribution >= 4 is 65.2 Å². The molecule has 0 atom stereocenters. The second-order valence-corrected chi connectivity index (χ2v) is 24.3. The van der Waals surface area contributed by atoms with Crippen LogP contribution >= 0.6 is 0 Å². The molecular formula is C88H54N6. The molecule has 14 aromatic carbocycles. The normalized spacial score (nSPS) is 11.8. The number of rotatable bonds is 8. The van der Waals surface area contributed by atoms with Gasteiger partial charge in [0.25, 0.3) is 0 Å². The Labute approximate surface area is 542 Å². The lowest BCUT2D eigenvalue weighted by Crippen LogP contribution is -2.01. The van der Waals surface area contributed by atoms with E-state index in [9.17, 15) is 0 Å². The van der Waals surface area contributed by atoms with Crippen LogP contribution in [0.3, 0.4) is 0 Å². The summed E-state index contributed by atoms with van der Waals surface area (Å²) in [7, 11) is 0. The highest BCUT2D eigenvalue weighted by Crippen LogP contribution is 2.52. The first-order valence-corrected chi connectivity index (χ1v) is 32.0. The monoisotopic (exact) mass is 1190 g/mol. The molecule has 2 aliphatic carbocycles. The summed E-state index contributed by atoms with van der Waals surface area (Å²) in [5.41, 5.74) is 26.9. The first-order valence-electron chi connectivity index (χ1n) is 32.0. The molecule has 0 unspecified atom stereocenters. The van der Waals surface area contributed by atoms with Gasteiger partial charge in [-0.3, -0.25) is 0 Å². The summed E-state index contributed by atoms with van der Waals surface area (Å²) in [4.78, 5) is 20.7. The van der Waals surface area contributed by atoms with E-state index in [1.54, 1.807) is 0 Å². The molecule has 18 aromatic rings. The summed E-state index contributed by atoms with van der Waals surface area (Å²) in [6.07, 6.45) is 0. The molecule has 4 aromatic heterocycles. The number of hydrogen-bond acceptors (Lipinski definition) is 4. The summed E-state index contributed by atoms with van der Waals surface area (Å²) in [6, 6.07) is 117. The second-order valence-electron chi connectivity index (χ2n) is 24.3. The van der Waals surface area contributed by atoms with E-state index in [2.05, 4.69) is 312 Å². The molecule has 0 amide bonds. The number of aromatic nitrogens is 6. The van der Waals surface area contributed by atoms with Crippen LogP contribution in [0.5, 0.6) is 0 Å². The van der Waals surface area contributed by atoms with Crippen molar-refractivity contribution in [2.45, 2.75) is 0 Å². The summed E-state index contributed by atoms with van der Waals surface area (Å²) in [5.74, 6) is 1.40. The van der Waals surface area contributed by atoms with Crippen molar-refractivity contribution in [3.63, 3.8) is 0 Å². The smallest absolute Gasteiger partial charge is 0.162 e. The molecule has 94 heavy (non-hydrogen) atoms. The van der Waals surface area contributed by atoms with Gasteiger partial charge in [0.2, 0.25) is 0 Å². The third kappa shape index (κ3) is 8.43. The maximum absolute atomic E-state index is 5.23. The molecular weight excluding hydrogens is 1140 g/mol. The summed E-state index contributed by atoms with van der Waals surface area (Å²) in [5, 5.41) is 10.3. The summed E-state index contributed by atoms with van der Waals surface area (Å²) >= 11 is 0. The van der Waals surface area contributed by atoms with E-state index in [0.29, 0.717) is 11.6 Å². The zero-order valence-corrected chi connectivity index (χ0v) is 50.9. The predicted octanol–water partition coefficient (Wildman–Crippen LogP) is 22.8. The lowest BCUT2D eigenvalue weighted by Gasteiger charge is -2.16. The molecule has 0 saturated carbocycles. The Morgan fingerprint density at radius 3 is 0.979 bits per heavy atom. The third-order valence-corrected chi connectivity index (χ3v) is 19.1. The fourth-order valence-corrected chi connectivity index (χ4v) is 15.0. The maximum Gasteiger partial charge on any atom is 0.162 e. The van der Waals surface area contributed by atoms with Gasteiger partial charge in [0.15, 0.2) is 11.6 Å². The molecule has 0 spiro atoms. The van der Waals surface area contributed by atoms with Gasteiger partial charge in [-0.2, -0.15) is 0 Å². The Morgan fingerprint density at radius 2 is 0.521 bits per heavy atom. The lowest BCUT2D eigenvalue weighted by molar-refractivity contribution is 1.14. The minimum Gasteiger partial charge on any atom is -0.309 e. The van der Waals surface area contributed by atoms with Gasteiger partial charge >= 0.3 is 0 Å². The van der Waals surface area contributed by atoms with Crippen LogP contribution in [-0.2, 0) is 0 Å². The van der Waals surface area contributed by atoms with Crippen molar-refractivity contribution in [3.05, 3.63) is 328 Å². The van der Waals surface area contributed by atoms with E-state index in [-0.39, 0.29) is 0 Å². The molecule has 4 heterocycles. The fraction of sp³-hybridized carbons (Fsp3) is 0. The zero-order chi connectivity index (χ0) is 61.8. The molecule has 0 fully saturated rings. The van der Waals surface area contributed by atoms with E-state index in [1.807, 2.05) is 24.3 Å². The topological polar surface area (TPSA) is 61.4 Å². The molecule has 0 radical (unpaired) electrons. The average molecular weight is 1200 g/mol. The predicted molar refractivity (Wildman–Crippen MR) is 389 cm³/mol. The maximum atomic E-state index is 5.23. The molecule has 2 aliphatic rings. The van der Waals surface area contributed by atoms with Gasteiger partial charge in [-0.15, -0.1) is 0 Å². The molecule has 0 bridgehead atoms. The Bertz CT molecular complexity index is 5970. The van der Waals surface area contributed by atoms with Crippen LogP contribution in [0.1, 0.15) is 0 Å². The number of nitrogens with zero attached hydrogens (tertiary/aromatic N) is 6. The Kier molecular flexibility index (Phi) is 12.2. The number of para-hydroxylation sites is 1. The van der Waals surface area contributed by atoms with Crippen LogP contribution < -0.4 is 0 Å². The molecule has 0 aliphatic heterocycles. The summed E-state index contributed by atoms with van der Waals surface area (Å²) < 4.78 is 4.84. The summed E-state index contributed by atoms with van der Waals surface area (Å²) in [6.45, 7) is 0. The minimum atomic E-state index is 0.700. The number of fused-ring (bicyclic) bond motifs is 6.